The number of carbonyl (C=O) groups is 2. The Morgan fingerprint density at radius 1 is 1.35 bits per heavy atom. The van der Waals surface area contributed by atoms with Crippen LogP contribution in [0.15, 0.2) is 18.2 Å². The fraction of sp³-hybridized carbons (Fsp3) is 0.353. The molecule has 5 nitrogen and oxygen atoms in total. The number of benzene rings is 1. The number of para-hydroxylation sites is 1. The highest BCUT2D eigenvalue weighted by Crippen LogP contribution is 2.28. The highest BCUT2D eigenvalue weighted by molar-refractivity contribution is 7.13. The van der Waals surface area contributed by atoms with Crippen LogP contribution in [0.25, 0.3) is 0 Å². The molecular weight excluding hydrogens is 312 g/mol. The van der Waals surface area contributed by atoms with Gasteiger partial charge in [-0.3, -0.25) is 4.79 Å². The van der Waals surface area contributed by atoms with E-state index in [4.69, 9.17) is 5.11 Å². The molecule has 0 spiro atoms. The van der Waals surface area contributed by atoms with E-state index in [0.717, 1.165) is 34.6 Å². The summed E-state index contributed by atoms with van der Waals surface area (Å²) in [6.07, 6.45) is 0.825. The fourth-order valence-electron chi connectivity index (χ4n) is 2.35. The van der Waals surface area contributed by atoms with Gasteiger partial charge in [0.25, 0.3) is 0 Å². The molecule has 0 saturated carbocycles. The minimum absolute atomic E-state index is 0.181. The normalized spacial score (nSPS) is 12.0. The summed E-state index contributed by atoms with van der Waals surface area (Å²) in [5.41, 5.74) is 3.36. The standard InChI is InChI=1S/C17H20N2O3S/c1-5-12-8-6-7-9(2)13(12)19-15(20)10(3)16-18-11(4)14(23-16)17(21)22/h6-8,10H,5H2,1-4H3,(H,19,20)(H,21,22). The minimum atomic E-state index is -1.01. The van der Waals surface area contributed by atoms with Gasteiger partial charge in [-0.15, -0.1) is 11.3 Å². The molecule has 0 aliphatic heterocycles. The van der Waals surface area contributed by atoms with Gasteiger partial charge >= 0.3 is 5.97 Å². The highest BCUT2D eigenvalue weighted by atomic mass is 32.1. The Labute approximate surface area is 139 Å². The molecule has 2 aromatic rings. The third-order valence-electron chi connectivity index (χ3n) is 3.76. The molecular formula is C17H20N2O3S. The van der Waals surface area contributed by atoms with Crippen LogP contribution < -0.4 is 5.32 Å². The Bertz CT molecular complexity index is 752. The highest BCUT2D eigenvalue weighted by Gasteiger charge is 2.23. The number of aryl methyl sites for hydroxylation is 3. The number of carbonyl (C=O) groups excluding carboxylic acids is 1. The van der Waals surface area contributed by atoms with Gasteiger partial charge in [-0.25, -0.2) is 9.78 Å². The molecule has 0 bridgehead atoms. The van der Waals surface area contributed by atoms with Crippen LogP contribution in [0.4, 0.5) is 5.69 Å². The Morgan fingerprint density at radius 3 is 2.61 bits per heavy atom. The van der Waals surface area contributed by atoms with Crippen molar-refractivity contribution in [3.05, 3.63) is 44.9 Å². The van der Waals surface area contributed by atoms with E-state index in [1.54, 1.807) is 13.8 Å². The first-order valence-corrected chi connectivity index (χ1v) is 8.26. The van der Waals surface area contributed by atoms with Crippen molar-refractivity contribution in [3.63, 3.8) is 0 Å². The third-order valence-corrected chi connectivity index (χ3v) is 5.09. The van der Waals surface area contributed by atoms with Crippen molar-refractivity contribution < 1.29 is 14.7 Å². The largest absolute Gasteiger partial charge is 0.477 e. The maximum atomic E-state index is 12.5. The van der Waals surface area contributed by atoms with Crippen LogP contribution in [0, 0.1) is 13.8 Å². The summed E-state index contributed by atoms with van der Waals surface area (Å²) in [7, 11) is 0. The number of carboxylic acid groups (broad SMARTS) is 1. The minimum Gasteiger partial charge on any atom is -0.477 e. The maximum Gasteiger partial charge on any atom is 0.347 e. The zero-order valence-electron chi connectivity index (χ0n) is 13.6. The van der Waals surface area contributed by atoms with Crippen LogP contribution in [0.5, 0.6) is 0 Å². The number of hydrogen-bond donors (Lipinski definition) is 2. The van der Waals surface area contributed by atoms with Crippen LogP contribution in [0.1, 0.15) is 51.3 Å². The second-order valence-electron chi connectivity index (χ2n) is 5.45. The molecule has 6 heteroatoms. The van der Waals surface area contributed by atoms with Gasteiger partial charge in [0.15, 0.2) is 0 Å². The van der Waals surface area contributed by atoms with E-state index in [0.29, 0.717) is 10.7 Å². The second-order valence-corrected chi connectivity index (χ2v) is 6.48. The number of hydrogen-bond acceptors (Lipinski definition) is 4. The van der Waals surface area contributed by atoms with Gasteiger partial charge in [-0.1, -0.05) is 25.1 Å². The number of thiazole rings is 1. The summed E-state index contributed by atoms with van der Waals surface area (Å²) < 4.78 is 0. The van der Waals surface area contributed by atoms with E-state index < -0.39 is 11.9 Å². The van der Waals surface area contributed by atoms with Crippen LogP contribution in [-0.4, -0.2) is 22.0 Å². The van der Waals surface area contributed by atoms with Crippen molar-refractivity contribution >= 4 is 28.9 Å². The zero-order valence-corrected chi connectivity index (χ0v) is 14.5. The van der Waals surface area contributed by atoms with Crippen LogP contribution in [0.2, 0.25) is 0 Å². The second kappa shape index (κ2) is 6.91. The van der Waals surface area contributed by atoms with Crippen molar-refractivity contribution in [2.75, 3.05) is 5.32 Å². The van der Waals surface area contributed by atoms with Crippen molar-refractivity contribution in [2.24, 2.45) is 0 Å². The monoisotopic (exact) mass is 332 g/mol. The smallest absolute Gasteiger partial charge is 0.347 e. The Hall–Kier alpha value is -2.21. The van der Waals surface area contributed by atoms with Crippen LogP contribution in [0.3, 0.4) is 0 Å². The van der Waals surface area contributed by atoms with Gasteiger partial charge in [0, 0.05) is 5.69 Å². The molecule has 1 atom stereocenters. The number of rotatable bonds is 5. The average Bonchev–Trinajstić information content (AvgIpc) is 2.90. The molecule has 0 aliphatic rings. The lowest BCUT2D eigenvalue weighted by molar-refractivity contribution is -0.117. The van der Waals surface area contributed by atoms with Gasteiger partial charge < -0.3 is 10.4 Å². The van der Waals surface area contributed by atoms with E-state index in [2.05, 4.69) is 10.3 Å². The summed E-state index contributed by atoms with van der Waals surface area (Å²) in [5.74, 6) is -1.69. The number of anilines is 1. The number of aromatic carboxylic acids is 1. The number of aromatic nitrogens is 1. The van der Waals surface area contributed by atoms with Crippen molar-refractivity contribution in [1.82, 2.24) is 4.98 Å². The van der Waals surface area contributed by atoms with E-state index in [9.17, 15) is 9.59 Å². The molecule has 1 unspecified atom stereocenters. The summed E-state index contributed by atoms with van der Waals surface area (Å²) in [4.78, 5) is 28.1. The molecule has 0 fully saturated rings. The van der Waals surface area contributed by atoms with E-state index in [1.807, 2.05) is 32.0 Å². The molecule has 0 saturated heterocycles. The quantitative estimate of drug-likeness (QED) is 0.873. The van der Waals surface area contributed by atoms with Gasteiger partial charge in [-0.05, 0) is 38.3 Å². The molecule has 2 N–H and O–H groups in total. The molecule has 1 aromatic carbocycles. The number of carboxylic acids is 1. The topological polar surface area (TPSA) is 79.3 Å². The lowest BCUT2D eigenvalue weighted by atomic mass is 10.0. The molecule has 2 rings (SSSR count). The Balaban J connectivity index is 2.24. The lowest BCUT2D eigenvalue weighted by Gasteiger charge is -2.15. The first-order valence-electron chi connectivity index (χ1n) is 7.45. The van der Waals surface area contributed by atoms with Crippen LogP contribution in [-0.2, 0) is 11.2 Å². The molecule has 1 heterocycles. The molecule has 0 radical (unpaired) electrons. The summed E-state index contributed by atoms with van der Waals surface area (Å²) in [5, 5.41) is 12.6. The lowest BCUT2D eigenvalue weighted by Crippen LogP contribution is -2.20. The molecule has 0 aliphatic carbocycles. The van der Waals surface area contributed by atoms with Gasteiger partial charge in [-0.2, -0.15) is 0 Å². The number of amides is 1. The summed E-state index contributed by atoms with van der Waals surface area (Å²) in [6, 6.07) is 5.91. The Kier molecular flexibility index (Phi) is 5.15. The SMILES string of the molecule is CCc1cccc(C)c1NC(=O)C(C)c1nc(C)c(C(=O)O)s1. The summed E-state index contributed by atoms with van der Waals surface area (Å²) >= 11 is 1.06. The Morgan fingerprint density at radius 2 is 2.04 bits per heavy atom. The van der Waals surface area contributed by atoms with Crippen LogP contribution >= 0.6 is 11.3 Å². The zero-order chi connectivity index (χ0) is 17.1. The maximum absolute atomic E-state index is 12.5. The fourth-order valence-corrected chi connectivity index (χ4v) is 3.30. The van der Waals surface area contributed by atoms with E-state index in [-0.39, 0.29) is 10.8 Å². The van der Waals surface area contributed by atoms with Gasteiger partial charge in [0.05, 0.1) is 11.6 Å². The third kappa shape index (κ3) is 3.59. The van der Waals surface area contributed by atoms with Gasteiger partial charge in [0.1, 0.15) is 9.88 Å². The molecule has 122 valence electrons. The number of nitrogens with zero attached hydrogens (tertiary/aromatic N) is 1. The molecule has 23 heavy (non-hydrogen) atoms. The molecule has 1 amide bonds. The average molecular weight is 332 g/mol. The van der Waals surface area contributed by atoms with Crippen molar-refractivity contribution in [3.8, 4) is 0 Å². The number of nitrogens with one attached hydrogen (secondary N) is 1. The van der Waals surface area contributed by atoms with Gasteiger partial charge in [0.2, 0.25) is 5.91 Å². The van der Waals surface area contributed by atoms with E-state index >= 15 is 0 Å². The van der Waals surface area contributed by atoms with Crippen molar-refractivity contribution in [2.45, 2.75) is 40.0 Å². The van der Waals surface area contributed by atoms with Crippen molar-refractivity contribution in [1.29, 1.82) is 0 Å². The molecule has 1 aromatic heterocycles. The predicted octanol–water partition coefficient (Wildman–Crippen LogP) is 3.76. The first kappa shape index (κ1) is 17.1. The van der Waals surface area contributed by atoms with E-state index in [1.165, 1.54) is 0 Å². The summed E-state index contributed by atoms with van der Waals surface area (Å²) in [6.45, 7) is 7.38. The first-order chi connectivity index (χ1) is 10.8. The predicted molar refractivity (Wildman–Crippen MR) is 91.4 cm³/mol.